The minimum atomic E-state index is -0.920. The number of halogens is 3. The molecule has 0 spiro atoms. The minimum absolute atomic E-state index is 0.221. The number of aromatic nitrogens is 2. The molecule has 0 fully saturated rings. The van der Waals surface area contributed by atoms with Gasteiger partial charge in [-0.25, -0.2) is 13.8 Å². The molecule has 3 aromatic rings. The third-order valence-electron chi connectivity index (χ3n) is 2.80. The van der Waals surface area contributed by atoms with Crippen molar-refractivity contribution in [2.75, 3.05) is 5.73 Å². The molecule has 0 aliphatic carbocycles. The molecule has 2 N–H and O–H groups in total. The van der Waals surface area contributed by atoms with E-state index >= 15 is 0 Å². The number of benzene rings is 2. The summed E-state index contributed by atoms with van der Waals surface area (Å²) in [5, 5.41) is 0. The highest BCUT2D eigenvalue weighted by atomic mass is 79.9. The molecule has 0 bridgehead atoms. The van der Waals surface area contributed by atoms with E-state index in [1.165, 1.54) is 6.07 Å². The number of anilines is 1. The molecular weight excluding hydrogens is 316 g/mol. The molecule has 0 aliphatic heterocycles. The number of fused-ring (bicyclic) bond motifs is 1. The number of rotatable bonds is 1. The van der Waals surface area contributed by atoms with Gasteiger partial charge in [0, 0.05) is 10.5 Å². The molecule has 96 valence electrons. The van der Waals surface area contributed by atoms with Crippen molar-refractivity contribution in [2.45, 2.75) is 0 Å². The summed E-state index contributed by atoms with van der Waals surface area (Å²) in [4.78, 5) is 4.20. The second-order valence-corrected chi connectivity index (χ2v) is 4.95. The molecule has 0 saturated heterocycles. The average Bonchev–Trinajstić information content (AvgIpc) is 2.68. The normalized spacial score (nSPS) is 11.1. The van der Waals surface area contributed by atoms with Crippen LogP contribution < -0.4 is 5.73 Å². The number of nitrogens with two attached hydrogens (primary N) is 1. The van der Waals surface area contributed by atoms with E-state index in [0.29, 0.717) is 11.2 Å². The fraction of sp³-hybridized carbons (Fsp3) is 0. The first-order chi connectivity index (χ1) is 9.06. The van der Waals surface area contributed by atoms with Gasteiger partial charge in [-0.15, -0.1) is 0 Å². The maximum absolute atomic E-state index is 13.3. The zero-order valence-corrected chi connectivity index (χ0v) is 11.2. The van der Waals surface area contributed by atoms with E-state index in [9.17, 15) is 8.78 Å². The third kappa shape index (κ3) is 1.98. The number of hydrogen-bond acceptors (Lipinski definition) is 2. The Balaban J connectivity index is 2.29. The van der Waals surface area contributed by atoms with Gasteiger partial charge < -0.3 is 5.73 Å². The average molecular weight is 324 g/mol. The summed E-state index contributed by atoms with van der Waals surface area (Å²) in [5.41, 5.74) is 7.68. The lowest BCUT2D eigenvalue weighted by Crippen LogP contribution is -2.01. The van der Waals surface area contributed by atoms with Gasteiger partial charge in [0.1, 0.15) is 0 Å². The van der Waals surface area contributed by atoms with Crippen LogP contribution in [0.4, 0.5) is 14.7 Å². The summed E-state index contributed by atoms with van der Waals surface area (Å²) in [5.74, 6) is -1.59. The van der Waals surface area contributed by atoms with Crippen LogP contribution in [0.5, 0.6) is 0 Å². The largest absolute Gasteiger partial charge is 0.369 e. The molecule has 0 aliphatic rings. The standard InChI is InChI=1S/C13H8BrF2N3/c14-7-1-4-12-11(5-7)18-13(17)19(12)8-2-3-9(15)10(16)6-8/h1-6H,(H2,17,18). The highest BCUT2D eigenvalue weighted by Gasteiger charge is 2.12. The van der Waals surface area contributed by atoms with Crippen LogP contribution in [0.3, 0.4) is 0 Å². The second kappa shape index (κ2) is 4.31. The molecule has 0 radical (unpaired) electrons. The lowest BCUT2D eigenvalue weighted by atomic mass is 10.2. The highest BCUT2D eigenvalue weighted by Crippen LogP contribution is 2.26. The predicted octanol–water partition coefficient (Wildman–Crippen LogP) is 3.65. The summed E-state index contributed by atoms with van der Waals surface area (Å²) in [6, 6.07) is 9.06. The molecule has 0 saturated carbocycles. The third-order valence-corrected chi connectivity index (χ3v) is 3.30. The molecule has 2 aromatic carbocycles. The molecule has 1 heterocycles. The Hall–Kier alpha value is -1.95. The first kappa shape index (κ1) is 12.1. The Morgan fingerprint density at radius 3 is 2.58 bits per heavy atom. The van der Waals surface area contributed by atoms with Crippen molar-refractivity contribution in [1.82, 2.24) is 9.55 Å². The van der Waals surface area contributed by atoms with Gasteiger partial charge in [-0.3, -0.25) is 4.57 Å². The molecule has 0 atom stereocenters. The van der Waals surface area contributed by atoms with Crippen LogP contribution in [-0.2, 0) is 0 Å². The predicted molar refractivity (Wildman–Crippen MR) is 73.1 cm³/mol. The van der Waals surface area contributed by atoms with Gasteiger partial charge in [0.15, 0.2) is 11.6 Å². The monoisotopic (exact) mass is 323 g/mol. The van der Waals surface area contributed by atoms with Crippen LogP contribution in [-0.4, -0.2) is 9.55 Å². The van der Waals surface area contributed by atoms with E-state index in [-0.39, 0.29) is 5.95 Å². The van der Waals surface area contributed by atoms with E-state index in [0.717, 1.165) is 22.1 Å². The number of nitrogens with zero attached hydrogens (tertiary/aromatic N) is 2. The van der Waals surface area contributed by atoms with Crippen molar-refractivity contribution >= 4 is 32.9 Å². The molecule has 0 amide bonds. The van der Waals surface area contributed by atoms with E-state index < -0.39 is 11.6 Å². The second-order valence-electron chi connectivity index (χ2n) is 4.04. The summed E-state index contributed by atoms with van der Waals surface area (Å²) in [6.45, 7) is 0. The Bertz CT molecular complexity index is 783. The topological polar surface area (TPSA) is 43.8 Å². The van der Waals surface area contributed by atoms with Gasteiger partial charge in [0.05, 0.1) is 16.7 Å². The van der Waals surface area contributed by atoms with E-state index in [4.69, 9.17) is 5.73 Å². The fourth-order valence-corrected chi connectivity index (χ4v) is 2.32. The van der Waals surface area contributed by atoms with Gasteiger partial charge in [-0.1, -0.05) is 15.9 Å². The van der Waals surface area contributed by atoms with Crippen LogP contribution in [0.1, 0.15) is 0 Å². The summed E-state index contributed by atoms with van der Waals surface area (Å²) >= 11 is 3.34. The number of imidazole rings is 1. The molecule has 6 heteroatoms. The van der Waals surface area contributed by atoms with Crippen LogP contribution in [0, 0.1) is 11.6 Å². The van der Waals surface area contributed by atoms with Gasteiger partial charge >= 0.3 is 0 Å². The van der Waals surface area contributed by atoms with Crippen LogP contribution in [0.15, 0.2) is 40.9 Å². The fourth-order valence-electron chi connectivity index (χ4n) is 1.97. The first-order valence-electron chi connectivity index (χ1n) is 5.45. The quantitative estimate of drug-likeness (QED) is 0.742. The Morgan fingerprint density at radius 1 is 1.05 bits per heavy atom. The van der Waals surface area contributed by atoms with Crippen LogP contribution in [0.2, 0.25) is 0 Å². The summed E-state index contributed by atoms with van der Waals surface area (Å²) in [6.07, 6.45) is 0. The van der Waals surface area contributed by atoms with Crippen molar-refractivity contribution in [3.8, 4) is 5.69 Å². The maximum atomic E-state index is 13.3. The van der Waals surface area contributed by atoms with E-state index in [1.807, 2.05) is 18.2 Å². The van der Waals surface area contributed by atoms with Crippen molar-refractivity contribution in [1.29, 1.82) is 0 Å². The molecule has 3 rings (SSSR count). The Morgan fingerprint density at radius 2 is 1.84 bits per heavy atom. The van der Waals surface area contributed by atoms with Crippen molar-refractivity contribution in [2.24, 2.45) is 0 Å². The first-order valence-corrected chi connectivity index (χ1v) is 6.24. The van der Waals surface area contributed by atoms with Crippen molar-refractivity contribution in [3.63, 3.8) is 0 Å². The number of nitrogen functional groups attached to an aromatic ring is 1. The van der Waals surface area contributed by atoms with E-state index in [1.54, 1.807) is 4.57 Å². The maximum Gasteiger partial charge on any atom is 0.205 e. The van der Waals surface area contributed by atoms with Crippen molar-refractivity contribution in [3.05, 3.63) is 52.5 Å². The molecule has 1 aromatic heterocycles. The van der Waals surface area contributed by atoms with Crippen molar-refractivity contribution < 1.29 is 8.78 Å². The summed E-state index contributed by atoms with van der Waals surface area (Å²) < 4.78 is 28.7. The Labute approximate surface area is 115 Å². The number of hydrogen-bond donors (Lipinski definition) is 1. The van der Waals surface area contributed by atoms with E-state index in [2.05, 4.69) is 20.9 Å². The molecular formula is C13H8BrF2N3. The van der Waals surface area contributed by atoms with Gasteiger partial charge in [-0.2, -0.15) is 0 Å². The zero-order chi connectivity index (χ0) is 13.6. The van der Waals surface area contributed by atoms with Crippen LogP contribution >= 0.6 is 15.9 Å². The minimum Gasteiger partial charge on any atom is -0.369 e. The highest BCUT2D eigenvalue weighted by molar-refractivity contribution is 9.10. The zero-order valence-electron chi connectivity index (χ0n) is 9.57. The lowest BCUT2D eigenvalue weighted by Gasteiger charge is -2.06. The van der Waals surface area contributed by atoms with Gasteiger partial charge in [0.25, 0.3) is 0 Å². The molecule has 19 heavy (non-hydrogen) atoms. The molecule has 0 unspecified atom stereocenters. The van der Waals surface area contributed by atoms with Gasteiger partial charge in [-0.05, 0) is 30.3 Å². The molecule has 3 nitrogen and oxygen atoms in total. The smallest absolute Gasteiger partial charge is 0.205 e. The lowest BCUT2D eigenvalue weighted by molar-refractivity contribution is 0.508. The van der Waals surface area contributed by atoms with Crippen LogP contribution in [0.25, 0.3) is 16.7 Å². The van der Waals surface area contributed by atoms with Gasteiger partial charge in [0.2, 0.25) is 5.95 Å². The summed E-state index contributed by atoms with van der Waals surface area (Å²) in [7, 11) is 0. The SMILES string of the molecule is Nc1nc2cc(Br)ccc2n1-c1ccc(F)c(F)c1. The Kier molecular flexibility index (Phi) is 2.74.